The molecule has 0 N–H and O–H groups in total. The van der Waals surface area contributed by atoms with Crippen molar-refractivity contribution in [2.45, 2.75) is 58.3 Å². The SMILES string of the molecule is CCCN(CCBr)C(=O)CC1CCCCCC1. The highest BCUT2D eigenvalue weighted by molar-refractivity contribution is 9.09. The van der Waals surface area contributed by atoms with E-state index < -0.39 is 0 Å². The second-order valence-electron chi connectivity index (χ2n) is 5.13. The molecule has 3 heteroatoms. The summed E-state index contributed by atoms with van der Waals surface area (Å²) in [5.41, 5.74) is 0. The van der Waals surface area contributed by atoms with Crippen LogP contribution in [0.1, 0.15) is 58.3 Å². The summed E-state index contributed by atoms with van der Waals surface area (Å²) >= 11 is 3.43. The van der Waals surface area contributed by atoms with Gasteiger partial charge < -0.3 is 4.90 Å². The van der Waals surface area contributed by atoms with Gasteiger partial charge in [0.25, 0.3) is 0 Å². The molecule has 0 radical (unpaired) electrons. The van der Waals surface area contributed by atoms with Gasteiger partial charge in [-0.1, -0.05) is 48.5 Å². The van der Waals surface area contributed by atoms with Crippen molar-refractivity contribution in [2.75, 3.05) is 18.4 Å². The van der Waals surface area contributed by atoms with Crippen LogP contribution in [0, 0.1) is 5.92 Å². The van der Waals surface area contributed by atoms with Gasteiger partial charge in [-0.2, -0.15) is 0 Å². The Morgan fingerprint density at radius 2 is 1.82 bits per heavy atom. The van der Waals surface area contributed by atoms with Crippen LogP contribution in [0.2, 0.25) is 0 Å². The molecule has 1 amide bonds. The second-order valence-corrected chi connectivity index (χ2v) is 5.92. The Labute approximate surface area is 114 Å². The topological polar surface area (TPSA) is 20.3 Å². The maximum atomic E-state index is 12.2. The zero-order valence-corrected chi connectivity index (χ0v) is 12.7. The zero-order valence-electron chi connectivity index (χ0n) is 11.1. The average Bonchev–Trinajstić information content (AvgIpc) is 2.57. The predicted molar refractivity (Wildman–Crippen MR) is 76.5 cm³/mol. The van der Waals surface area contributed by atoms with Crippen LogP contribution in [0.3, 0.4) is 0 Å². The molecule has 0 unspecified atom stereocenters. The molecule has 0 aromatic rings. The summed E-state index contributed by atoms with van der Waals surface area (Å²) in [5, 5.41) is 0.892. The van der Waals surface area contributed by atoms with E-state index in [0.717, 1.165) is 31.3 Å². The number of nitrogens with zero attached hydrogens (tertiary/aromatic N) is 1. The Hall–Kier alpha value is -0.0500. The van der Waals surface area contributed by atoms with E-state index in [1.165, 1.54) is 38.5 Å². The number of carbonyl (C=O) groups excluding carboxylic acids is 1. The highest BCUT2D eigenvalue weighted by Gasteiger charge is 2.19. The van der Waals surface area contributed by atoms with E-state index in [1.807, 2.05) is 4.90 Å². The number of hydrogen-bond donors (Lipinski definition) is 0. The molecule has 0 aromatic carbocycles. The van der Waals surface area contributed by atoms with Crippen LogP contribution in [-0.2, 0) is 4.79 Å². The summed E-state index contributed by atoms with van der Waals surface area (Å²) in [6, 6.07) is 0. The van der Waals surface area contributed by atoms with Crippen molar-refractivity contribution >= 4 is 21.8 Å². The average molecular weight is 304 g/mol. The largest absolute Gasteiger partial charge is 0.342 e. The van der Waals surface area contributed by atoms with Gasteiger partial charge in [0.05, 0.1) is 0 Å². The highest BCUT2D eigenvalue weighted by Crippen LogP contribution is 2.26. The lowest BCUT2D eigenvalue weighted by Gasteiger charge is -2.23. The molecule has 0 heterocycles. The number of rotatable bonds is 6. The van der Waals surface area contributed by atoms with E-state index in [0.29, 0.717) is 11.8 Å². The van der Waals surface area contributed by atoms with E-state index in [1.54, 1.807) is 0 Å². The number of halogens is 1. The summed E-state index contributed by atoms with van der Waals surface area (Å²) < 4.78 is 0. The summed E-state index contributed by atoms with van der Waals surface area (Å²) in [6.07, 6.45) is 9.75. The van der Waals surface area contributed by atoms with E-state index in [-0.39, 0.29) is 0 Å². The molecule has 1 aliphatic carbocycles. The first-order chi connectivity index (χ1) is 8.27. The van der Waals surface area contributed by atoms with Crippen molar-refractivity contribution in [2.24, 2.45) is 5.92 Å². The molecule has 0 spiro atoms. The van der Waals surface area contributed by atoms with Crippen molar-refractivity contribution in [3.05, 3.63) is 0 Å². The Balaban J connectivity index is 2.38. The summed E-state index contributed by atoms with van der Waals surface area (Å²) in [5.74, 6) is 1.03. The fourth-order valence-electron chi connectivity index (χ4n) is 2.68. The van der Waals surface area contributed by atoms with E-state index in [4.69, 9.17) is 0 Å². The van der Waals surface area contributed by atoms with Gasteiger partial charge >= 0.3 is 0 Å². The third-order valence-electron chi connectivity index (χ3n) is 3.64. The summed E-state index contributed by atoms with van der Waals surface area (Å²) in [4.78, 5) is 14.2. The highest BCUT2D eigenvalue weighted by atomic mass is 79.9. The molecular weight excluding hydrogens is 278 g/mol. The minimum absolute atomic E-state index is 0.373. The van der Waals surface area contributed by atoms with Crippen molar-refractivity contribution in [3.63, 3.8) is 0 Å². The maximum Gasteiger partial charge on any atom is 0.222 e. The number of alkyl halides is 1. The van der Waals surface area contributed by atoms with Gasteiger partial charge in [0.2, 0.25) is 5.91 Å². The van der Waals surface area contributed by atoms with Crippen LogP contribution in [0.4, 0.5) is 0 Å². The number of hydrogen-bond acceptors (Lipinski definition) is 1. The van der Waals surface area contributed by atoms with Gasteiger partial charge in [0.1, 0.15) is 0 Å². The van der Waals surface area contributed by atoms with E-state index in [9.17, 15) is 4.79 Å². The molecule has 1 saturated carbocycles. The second kappa shape index (κ2) is 8.96. The first-order valence-electron chi connectivity index (χ1n) is 7.11. The number of carbonyl (C=O) groups is 1. The van der Waals surface area contributed by atoms with Gasteiger partial charge in [-0.15, -0.1) is 0 Å². The normalized spacial score (nSPS) is 17.8. The lowest BCUT2D eigenvalue weighted by atomic mass is 9.96. The van der Waals surface area contributed by atoms with Gasteiger partial charge in [-0.25, -0.2) is 0 Å². The fraction of sp³-hybridized carbons (Fsp3) is 0.929. The summed E-state index contributed by atoms with van der Waals surface area (Å²) in [6.45, 7) is 3.91. The first-order valence-corrected chi connectivity index (χ1v) is 8.23. The standard InChI is InChI=1S/C14H26BrNO/c1-2-10-16(11-9-15)14(17)12-13-7-5-3-4-6-8-13/h13H,2-12H2,1H3. The molecule has 100 valence electrons. The van der Waals surface area contributed by atoms with Gasteiger partial charge in [0, 0.05) is 24.8 Å². The number of amides is 1. The lowest BCUT2D eigenvalue weighted by molar-refractivity contribution is -0.132. The molecule has 1 fully saturated rings. The Kier molecular flexibility index (Phi) is 7.91. The third kappa shape index (κ3) is 5.89. The molecule has 0 saturated heterocycles. The van der Waals surface area contributed by atoms with Crippen molar-refractivity contribution in [1.29, 1.82) is 0 Å². The minimum Gasteiger partial charge on any atom is -0.342 e. The lowest BCUT2D eigenvalue weighted by Crippen LogP contribution is -2.34. The maximum absolute atomic E-state index is 12.2. The van der Waals surface area contributed by atoms with Crippen LogP contribution in [0.15, 0.2) is 0 Å². The van der Waals surface area contributed by atoms with Crippen LogP contribution in [-0.4, -0.2) is 29.2 Å². The van der Waals surface area contributed by atoms with Gasteiger partial charge in [-0.05, 0) is 25.2 Å². The molecule has 0 atom stereocenters. The smallest absolute Gasteiger partial charge is 0.222 e. The third-order valence-corrected chi connectivity index (χ3v) is 3.99. The van der Waals surface area contributed by atoms with Gasteiger partial charge in [-0.3, -0.25) is 4.79 Å². The zero-order chi connectivity index (χ0) is 12.5. The van der Waals surface area contributed by atoms with Crippen molar-refractivity contribution in [3.8, 4) is 0 Å². The molecule has 0 aliphatic heterocycles. The molecule has 2 nitrogen and oxygen atoms in total. The Morgan fingerprint density at radius 3 is 2.35 bits per heavy atom. The van der Waals surface area contributed by atoms with Crippen LogP contribution >= 0.6 is 15.9 Å². The molecular formula is C14H26BrNO. The quantitative estimate of drug-likeness (QED) is 0.537. The van der Waals surface area contributed by atoms with Crippen LogP contribution < -0.4 is 0 Å². The Morgan fingerprint density at radius 1 is 1.18 bits per heavy atom. The fourth-order valence-corrected chi connectivity index (χ4v) is 3.11. The van der Waals surface area contributed by atoms with E-state index in [2.05, 4.69) is 22.9 Å². The monoisotopic (exact) mass is 303 g/mol. The molecule has 1 aliphatic rings. The molecule has 0 aromatic heterocycles. The van der Waals surface area contributed by atoms with Crippen molar-refractivity contribution in [1.82, 2.24) is 4.90 Å². The predicted octanol–water partition coefficient (Wildman–Crippen LogP) is 3.98. The first kappa shape index (κ1) is 15.0. The van der Waals surface area contributed by atoms with Crippen LogP contribution in [0.25, 0.3) is 0 Å². The van der Waals surface area contributed by atoms with Crippen molar-refractivity contribution < 1.29 is 4.79 Å². The van der Waals surface area contributed by atoms with E-state index >= 15 is 0 Å². The van der Waals surface area contributed by atoms with Crippen LogP contribution in [0.5, 0.6) is 0 Å². The molecule has 0 bridgehead atoms. The molecule has 17 heavy (non-hydrogen) atoms. The Bertz CT molecular complexity index is 206. The summed E-state index contributed by atoms with van der Waals surface area (Å²) in [7, 11) is 0. The minimum atomic E-state index is 0.373. The molecule has 1 rings (SSSR count). The van der Waals surface area contributed by atoms with Gasteiger partial charge in [0.15, 0.2) is 0 Å².